The summed E-state index contributed by atoms with van der Waals surface area (Å²) in [6.45, 7) is 1.88. The van der Waals surface area contributed by atoms with E-state index >= 15 is 0 Å². The summed E-state index contributed by atoms with van der Waals surface area (Å²) in [7, 11) is 0. The molecule has 1 aromatic rings. The van der Waals surface area contributed by atoms with Gasteiger partial charge in [-0.1, -0.05) is 31.0 Å². The molecule has 0 saturated carbocycles. The van der Waals surface area contributed by atoms with Crippen molar-refractivity contribution in [3.8, 4) is 0 Å². The molecule has 1 nitrogen and oxygen atoms in total. The second kappa shape index (κ2) is 5.06. The second-order valence-electron chi connectivity index (χ2n) is 3.62. The van der Waals surface area contributed by atoms with Crippen LogP contribution in [0.2, 0.25) is 5.02 Å². The van der Waals surface area contributed by atoms with Gasteiger partial charge >= 0.3 is 6.18 Å². The molecule has 0 fully saturated rings. The lowest BCUT2D eigenvalue weighted by Gasteiger charge is -2.18. The van der Waals surface area contributed by atoms with Gasteiger partial charge in [0.25, 0.3) is 0 Å². The minimum absolute atomic E-state index is 0.0692. The highest BCUT2D eigenvalue weighted by atomic mass is 35.5. The summed E-state index contributed by atoms with van der Waals surface area (Å²) < 4.78 is 38.1. The Morgan fingerprint density at radius 1 is 1.38 bits per heavy atom. The summed E-state index contributed by atoms with van der Waals surface area (Å²) in [5.74, 6) is 0. The van der Waals surface area contributed by atoms with E-state index in [0.717, 1.165) is 12.5 Å². The molecule has 0 radical (unpaired) electrons. The van der Waals surface area contributed by atoms with Crippen LogP contribution in [0, 0.1) is 0 Å². The second-order valence-corrected chi connectivity index (χ2v) is 4.06. The first-order valence-corrected chi connectivity index (χ1v) is 5.36. The van der Waals surface area contributed by atoms with Crippen LogP contribution >= 0.6 is 11.6 Å². The monoisotopic (exact) mass is 251 g/mol. The highest BCUT2D eigenvalue weighted by Crippen LogP contribution is 2.36. The van der Waals surface area contributed by atoms with Crippen LogP contribution in [0.5, 0.6) is 0 Å². The fourth-order valence-electron chi connectivity index (χ4n) is 1.56. The van der Waals surface area contributed by atoms with E-state index in [0.29, 0.717) is 6.42 Å². The van der Waals surface area contributed by atoms with E-state index in [9.17, 15) is 13.2 Å². The predicted molar refractivity (Wildman–Crippen MR) is 58.3 cm³/mol. The van der Waals surface area contributed by atoms with Crippen LogP contribution in [-0.4, -0.2) is 0 Å². The molecule has 0 spiro atoms. The van der Waals surface area contributed by atoms with Gasteiger partial charge in [-0.2, -0.15) is 13.2 Å². The maximum absolute atomic E-state index is 12.7. The van der Waals surface area contributed by atoms with Gasteiger partial charge in [0.1, 0.15) is 0 Å². The summed E-state index contributed by atoms with van der Waals surface area (Å²) in [6, 6.07) is 3.11. The predicted octanol–water partition coefficient (Wildman–Crippen LogP) is 4.16. The molecule has 0 heterocycles. The SMILES string of the molecule is CCC[C@@H](N)c1ccc(Cl)cc1C(F)(F)F. The van der Waals surface area contributed by atoms with Crippen molar-refractivity contribution < 1.29 is 13.2 Å². The Labute approximate surface area is 97.4 Å². The number of hydrogen-bond acceptors (Lipinski definition) is 1. The molecule has 16 heavy (non-hydrogen) atoms. The van der Waals surface area contributed by atoms with Crippen LogP contribution in [0.1, 0.15) is 36.9 Å². The minimum atomic E-state index is -4.41. The molecule has 1 atom stereocenters. The molecule has 0 aromatic heterocycles. The minimum Gasteiger partial charge on any atom is -0.324 e. The van der Waals surface area contributed by atoms with Gasteiger partial charge in [0.15, 0.2) is 0 Å². The molecule has 0 unspecified atom stereocenters. The van der Waals surface area contributed by atoms with Gasteiger partial charge in [0, 0.05) is 11.1 Å². The lowest BCUT2D eigenvalue weighted by molar-refractivity contribution is -0.138. The maximum Gasteiger partial charge on any atom is 0.416 e. The van der Waals surface area contributed by atoms with Gasteiger partial charge in [-0.25, -0.2) is 0 Å². The zero-order valence-corrected chi connectivity index (χ0v) is 9.57. The van der Waals surface area contributed by atoms with Crippen LogP contribution in [0.4, 0.5) is 13.2 Å². The first kappa shape index (κ1) is 13.3. The highest BCUT2D eigenvalue weighted by Gasteiger charge is 2.34. The Balaban J connectivity index is 3.18. The standard InChI is InChI=1S/C11H13ClF3N/c1-2-3-10(16)8-5-4-7(12)6-9(8)11(13,14)15/h4-6,10H,2-3,16H2,1H3/t10-/m1/s1. The molecule has 5 heteroatoms. The molecule has 1 aromatic carbocycles. The molecule has 0 amide bonds. The average molecular weight is 252 g/mol. The van der Waals surface area contributed by atoms with Gasteiger partial charge in [0.2, 0.25) is 0 Å². The normalized spacial score (nSPS) is 13.9. The largest absolute Gasteiger partial charge is 0.416 e. The Morgan fingerprint density at radius 2 is 2.00 bits per heavy atom. The topological polar surface area (TPSA) is 26.0 Å². The van der Waals surface area contributed by atoms with Crippen molar-refractivity contribution in [2.75, 3.05) is 0 Å². The van der Waals surface area contributed by atoms with Crippen LogP contribution in [-0.2, 0) is 6.18 Å². The van der Waals surface area contributed by atoms with E-state index in [-0.39, 0.29) is 10.6 Å². The van der Waals surface area contributed by atoms with Gasteiger partial charge in [-0.3, -0.25) is 0 Å². The molecule has 90 valence electrons. The summed E-state index contributed by atoms with van der Waals surface area (Å²) in [6.07, 6.45) is -3.16. The first-order chi connectivity index (χ1) is 7.36. The first-order valence-electron chi connectivity index (χ1n) is 4.98. The molecule has 0 aliphatic rings. The summed E-state index contributed by atoms with van der Waals surface area (Å²) >= 11 is 5.56. The summed E-state index contributed by atoms with van der Waals surface area (Å²) in [5.41, 5.74) is 5.08. The number of hydrogen-bond donors (Lipinski definition) is 1. The molecule has 0 saturated heterocycles. The fourth-order valence-corrected chi connectivity index (χ4v) is 1.74. The maximum atomic E-state index is 12.7. The van der Waals surface area contributed by atoms with E-state index in [1.165, 1.54) is 12.1 Å². The van der Waals surface area contributed by atoms with Crippen LogP contribution < -0.4 is 5.73 Å². The van der Waals surface area contributed by atoms with E-state index in [1.807, 2.05) is 6.92 Å². The van der Waals surface area contributed by atoms with Crippen molar-refractivity contribution in [2.45, 2.75) is 32.0 Å². The zero-order chi connectivity index (χ0) is 12.3. The van der Waals surface area contributed by atoms with Crippen molar-refractivity contribution in [1.29, 1.82) is 0 Å². The van der Waals surface area contributed by atoms with Gasteiger partial charge in [-0.15, -0.1) is 0 Å². The average Bonchev–Trinajstić information content (AvgIpc) is 2.16. The number of halogens is 4. The van der Waals surface area contributed by atoms with Crippen molar-refractivity contribution in [3.63, 3.8) is 0 Å². The molecule has 0 aliphatic carbocycles. The number of alkyl halides is 3. The fraction of sp³-hybridized carbons (Fsp3) is 0.455. The quantitative estimate of drug-likeness (QED) is 0.858. The van der Waals surface area contributed by atoms with Crippen LogP contribution in [0.15, 0.2) is 18.2 Å². The Kier molecular flexibility index (Phi) is 4.21. The Hall–Kier alpha value is -0.740. The molecule has 2 N–H and O–H groups in total. The molecule has 1 rings (SSSR count). The lowest BCUT2D eigenvalue weighted by atomic mass is 9.97. The van der Waals surface area contributed by atoms with Crippen molar-refractivity contribution in [2.24, 2.45) is 5.73 Å². The van der Waals surface area contributed by atoms with Gasteiger partial charge < -0.3 is 5.73 Å². The van der Waals surface area contributed by atoms with E-state index in [2.05, 4.69) is 0 Å². The van der Waals surface area contributed by atoms with Crippen molar-refractivity contribution in [1.82, 2.24) is 0 Å². The number of benzene rings is 1. The van der Waals surface area contributed by atoms with E-state index in [1.54, 1.807) is 0 Å². The number of nitrogens with two attached hydrogens (primary N) is 1. The highest BCUT2D eigenvalue weighted by molar-refractivity contribution is 6.30. The van der Waals surface area contributed by atoms with Crippen LogP contribution in [0.3, 0.4) is 0 Å². The summed E-state index contributed by atoms with van der Waals surface area (Å²) in [5, 5.41) is 0.0692. The molecule has 0 bridgehead atoms. The molecular formula is C11H13ClF3N. The smallest absolute Gasteiger partial charge is 0.324 e. The lowest BCUT2D eigenvalue weighted by Crippen LogP contribution is -2.17. The molecular weight excluding hydrogens is 239 g/mol. The van der Waals surface area contributed by atoms with E-state index < -0.39 is 17.8 Å². The van der Waals surface area contributed by atoms with Gasteiger partial charge in [-0.05, 0) is 24.1 Å². The third kappa shape index (κ3) is 3.12. The van der Waals surface area contributed by atoms with E-state index in [4.69, 9.17) is 17.3 Å². The third-order valence-electron chi connectivity index (χ3n) is 2.32. The Morgan fingerprint density at radius 3 is 2.50 bits per heavy atom. The van der Waals surface area contributed by atoms with Crippen LogP contribution in [0.25, 0.3) is 0 Å². The third-order valence-corrected chi connectivity index (χ3v) is 2.55. The van der Waals surface area contributed by atoms with Crippen molar-refractivity contribution in [3.05, 3.63) is 34.3 Å². The zero-order valence-electron chi connectivity index (χ0n) is 8.81. The number of rotatable bonds is 3. The summed E-state index contributed by atoms with van der Waals surface area (Å²) in [4.78, 5) is 0. The Bertz CT molecular complexity index is 363. The van der Waals surface area contributed by atoms with Gasteiger partial charge in [0.05, 0.1) is 5.56 Å². The van der Waals surface area contributed by atoms with Crippen molar-refractivity contribution >= 4 is 11.6 Å². The molecule has 0 aliphatic heterocycles.